The number of nitrogens with zero attached hydrogens (tertiary/aromatic N) is 1. The average Bonchev–Trinajstić information content (AvgIpc) is 2.41. The predicted octanol–water partition coefficient (Wildman–Crippen LogP) is 1.94. The Morgan fingerprint density at radius 3 is 2.52 bits per heavy atom. The molecule has 116 valence electrons. The van der Waals surface area contributed by atoms with Gasteiger partial charge in [-0.2, -0.15) is 4.31 Å². The van der Waals surface area contributed by atoms with Crippen LogP contribution in [0.15, 0.2) is 23.1 Å². The topological polar surface area (TPSA) is 63.4 Å². The molecule has 0 saturated carbocycles. The number of sulfonamides is 1. The molecule has 0 heterocycles. The van der Waals surface area contributed by atoms with Crippen molar-refractivity contribution in [2.75, 3.05) is 13.1 Å². The molecule has 0 unspecified atom stereocenters. The Labute approximate surface area is 126 Å². The second-order valence-corrected chi connectivity index (χ2v) is 6.72. The Hall–Kier alpha value is -1.42. The van der Waals surface area contributed by atoms with Crippen molar-refractivity contribution in [3.05, 3.63) is 29.6 Å². The molecule has 0 aliphatic carbocycles. The van der Waals surface area contributed by atoms with Crippen LogP contribution in [0.2, 0.25) is 0 Å². The smallest absolute Gasteiger partial charge is 0.246 e. The first-order valence-corrected chi connectivity index (χ1v) is 8.29. The largest absolute Gasteiger partial charge is 0.320 e. The van der Waals surface area contributed by atoms with Gasteiger partial charge < -0.3 is 5.73 Å². The highest BCUT2D eigenvalue weighted by molar-refractivity contribution is 7.89. The third-order valence-corrected chi connectivity index (χ3v) is 4.98. The van der Waals surface area contributed by atoms with Crippen molar-refractivity contribution in [2.24, 2.45) is 5.73 Å². The monoisotopic (exact) mass is 312 g/mol. The van der Waals surface area contributed by atoms with Crippen LogP contribution in [0.5, 0.6) is 0 Å². The van der Waals surface area contributed by atoms with E-state index in [1.807, 2.05) is 6.92 Å². The van der Waals surface area contributed by atoms with Gasteiger partial charge in [-0.25, -0.2) is 12.8 Å². The van der Waals surface area contributed by atoms with Crippen LogP contribution in [0, 0.1) is 17.7 Å². The van der Waals surface area contributed by atoms with Crippen LogP contribution >= 0.6 is 0 Å². The Morgan fingerprint density at radius 2 is 2.05 bits per heavy atom. The lowest BCUT2D eigenvalue weighted by molar-refractivity contribution is 0.352. The van der Waals surface area contributed by atoms with Crippen molar-refractivity contribution in [3.8, 4) is 11.8 Å². The van der Waals surface area contributed by atoms with Gasteiger partial charge in [-0.1, -0.05) is 18.8 Å². The Kier molecular flexibility index (Phi) is 6.34. The SMILES string of the molecule is CCCN(C(C)C)S(=O)(=O)c1ccc(C#CCN)cc1F. The molecule has 0 fully saturated rings. The predicted molar refractivity (Wildman–Crippen MR) is 81.7 cm³/mol. The maximum absolute atomic E-state index is 14.1. The number of rotatable bonds is 5. The number of halogens is 1. The highest BCUT2D eigenvalue weighted by Gasteiger charge is 2.28. The molecule has 1 aromatic rings. The Bertz CT molecular complexity index is 645. The number of nitrogens with two attached hydrogens (primary N) is 1. The van der Waals surface area contributed by atoms with Gasteiger partial charge in [0.15, 0.2) is 0 Å². The number of benzene rings is 1. The fourth-order valence-electron chi connectivity index (χ4n) is 1.94. The molecule has 0 saturated heterocycles. The van der Waals surface area contributed by atoms with Crippen molar-refractivity contribution >= 4 is 10.0 Å². The van der Waals surface area contributed by atoms with Gasteiger partial charge in [0.25, 0.3) is 0 Å². The van der Waals surface area contributed by atoms with Crippen LogP contribution in [-0.4, -0.2) is 31.9 Å². The van der Waals surface area contributed by atoms with Gasteiger partial charge >= 0.3 is 0 Å². The minimum Gasteiger partial charge on any atom is -0.320 e. The average molecular weight is 312 g/mol. The highest BCUT2D eigenvalue weighted by Crippen LogP contribution is 2.22. The van der Waals surface area contributed by atoms with E-state index in [1.54, 1.807) is 13.8 Å². The fourth-order valence-corrected chi connectivity index (χ4v) is 3.72. The molecule has 2 N–H and O–H groups in total. The zero-order chi connectivity index (χ0) is 16.0. The zero-order valence-electron chi connectivity index (χ0n) is 12.6. The Morgan fingerprint density at radius 1 is 1.38 bits per heavy atom. The lowest BCUT2D eigenvalue weighted by atomic mass is 10.2. The van der Waals surface area contributed by atoms with E-state index in [2.05, 4.69) is 11.8 Å². The van der Waals surface area contributed by atoms with E-state index in [-0.39, 0.29) is 17.5 Å². The van der Waals surface area contributed by atoms with Crippen molar-refractivity contribution in [3.63, 3.8) is 0 Å². The second-order valence-electron chi connectivity index (χ2n) is 4.86. The first-order valence-electron chi connectivity index (χ1n) is 6.85. The van der Waals surface area contributed by atoms with Gasteiger partial charge in [0.2, 0.25) is 10.0 Å². The van der Waals surface area contributed by atoms with Gasteiger partial charge in [0.05, 0.1) is 6.54 Å². The van der Waals surface area contributed by atoms with Gasteiger partial charge in [-0.3, -0.25) is 0 Å². The molecule has 0 aliphatic heterocycles. The molecular weight excluding hydrogens is 291 g/mol. The van der Waals surface area contributed by atoms with Gasteiger partial charge in [-0.15, -0.1) is 0 Å². The minimum atomic E-state index is -3.84. The lowest BCUT2D eigenvalue weighted by Crippen LogP contribution is -2.37. The summed E-state index contributed by atoms with van der Waals surface area (Å²) in [5, 5.41) is 0. The van der Waals surface area contributed by atoms with Crippen LogP contribution in [0.25, 0.3) is 0 Å². The molecule has 0 radical (unpaired) electrons. The Balaban J connectivity index is 3.25. The van der Waals surface area contributed by atoms with E-state index in [9.17, 15) is 12.8 Å². The molecule has 6 heteroatoms. The van der Waals surface area contributed by atoms with Crippen LogP contribution in [-0.2, 0) is 10.0 Å². The summed E-state index contributed by atoms with van der Waals surface area (Å²) in [5.41, 5.74) is 5.66. The summed E-state index contributed by atoms with van der Waals surface area (Å²) in [6.45, 7) is 5.94. The first-order chi connectivity index (χ1) is 9.84. The van der Waals surface area contributed by atoms with E-state index in [0.717, 1.165) is 6.07 Å². The normalized spacial score (nSPS) is 11.6. The lowest BCUT2D eigenvalue weighted by Gasteiger charge is -2.25. The molecule has 0 atom stereocenters. The quantitative estimate of drug-likeness (QED) is 0.845. The molecule has 1 aromatic carbocycles. The summed E-state index contributed by atoms with van der Waals surface area (Å²) in [6.07, 6.45) is 0.666. The van der Waals surface area contributed by atoms with Gasteiger partial charge in [0.1, 0.15) is 10.7 Å². The number of hydrogen-bond donors (Lipinski definition) is 1. The third kappa shape index (κ3) is 4.27. The summed E-state index contributed by atoms with van der Waals surface area (Å²) in [4.78, 5) is -0.317. The van der Waals surface area contributed by atoms with Crippen LogP contribution in [0.3, 0.4) is 0 Å². The summed E-state index contributed by atoms with van der Waals surface area (Å²) >= 11 is 0. The second kappa shape index (κ2) is 7.55. The number of hydrogen-bond acceptors (Lipinski definition) is 3. The van der Waals surface area contributed by atoms with Crippen LogP contribution in [0.4, 0.5) is 4.39 Å². The highest BCUT2D eigenvalue weighted by atomic mass is 32.2. The van der Waals surface area contributed by atoms with E-state index in [0.29, 0.717) is 18.5 Å². The van der Waals surface area contributed by atoms with Crippen LogP contribution < -0.4 is 5.73 Å². The molecule has 0 aromatic heterocycles. The van der Waals surface area contributed by atoms with E-state index >= 15 is 0 Å². The van der Waals surface area contributed by atoms with Crippen molar-refractivity contribution in [1.82, 2.24) is 4.31 Å². The minimum absolute atomic E-state index is 0.166. The fraction of sp³-hybridized carbons (Fsp3) is 0.467. The van der Waals surface area contributed by atoms with Crippen molar-refractivity contribution in [2.45, 2.75) is 38.1 Å². The first kappa shape index (κ1) is 17.6. The molecule has 0 amide bonds. The molecule has 4 nitrogen and oxygen atoms in total. The van der Waals surface area contributed by atoms with Crippen LogP contribution in [0.1, 0.15) is 32.8 Å². The standard InChI is InChI=1S/C15H21FN2O2S/c1-4-10-18(12(2)3)21(19,20)15-8-7-13(6-5-9-17)11-14(15)16/h7-8,11-12H,4,9-10,17H2,1-3H3. The zero-order valence-corrected chi connectivity index (χ0v) is 13.4. The summed E-state index contributed by atoms with van der Waals surface area (Å²) in [6, 6.07) is 3.64. The van der Waals surface area contributed by atoms with Crippen molar-refractivity contribution in [1.29, 1.82) is 0 Å². The van der Waals surface area contributed by atoms with Crippen molar-refractivity contribution < 1.29 is 12.8 Å². The third-order valence-electron chi connectivity index (χ3n) is 2.87. The summed E-state index contributed by atoms with van der Waals surface area (Å²) < 4.78 is 40.5. The molecule has 0 aliphatic rings. The molecule has 21 heavy (non-hydrogen) atoms. The molecule has 1 rings (SSSR count). The summed E-state index contributed by atoms with van der Waals surface area (Å²) in [5.74, 6) is 4.49. The maximum atomic E-state index is 14.1. The van der Waals surface area contributed by atoms with E-state index in [4.69, 9.17) is 5.73 Å². The molecule has 0 bridgehead atoms. The maximum Gasteiger partial charge on any atom is 0.246 e. The van der Waals surface area contributed by atoms with Gasteiger partial charge in [0, 0.05) is 18.2 Å². The summed E-state index contributed by atoms with van der Waals surface area (Å²) in [7, 11) is -3.84. The molecule has 0 spiro atoms. The van der Waals surface area contributed by atoms with E-state index in [1.165, 1.54) is 16.4 Å². The van der Waals surface area contributed by atoms with Gasteiger partial charge in [-0.05, 0) is 38.5 Å². The van der Waals surface area contributed by atoms with E-state index < -0.39 is 15.8 Å². The molecular formula is C15H21FN2O2S.